The van der Waals surface area contributed by atoms with Crippen molar-refractivity contribution < 1.29 is 14.6 Å². The van der Waals surface area contributed by atoms with Crippen molar-refractivity contribution >= 4 is 11.7 Å². The maximum absolute atomic E-state index is 11.9. The van der Waals surface area contributed by atoms with Crippen LogP contribution < -0.4 is 10.1 Å². The number of carbonyl (C=O) groups excluding carboxylic acids is 1. The zero-order valence-corrected chi connectivity index (χ0v) is 12.2. The van der Waals surface area contributed by atoms with Gasteiger partial charge in [-0.3, -0.25) is 0 Å². The number of anilines is 1. The van der Waals surface area contributed by atoms with Crippen molar-refractivity contribution in [1.29, 1.82) is 0 Å². The first kappa shape index (κ1) is 14.7. The lowest BCUT2D eigenvalue weighted by atomic mass is 10.2. The highest BCUT2D eigenvalue weighted by atomic mass is 16.5. The van der Waals surface area contributed by atoms with Gasteiger partial charge in [0.15, 0.2) is 0 Å². The molecule has 20 heavy (non-hydrogen) atoms. The first-order chi connectivity index (χ1) is 9.33. The summed E-state index contributed by atoms with van der Waals surface area (Å²) in [6, 6.07) is 7.11. The van der Waals surface area contributed by atoms with Crippen LogP contribution in [0, 0.1) is 0 Å². The third-order valence-corrected chi connectivity index (χ3v) is 2.98. The standard InChI is InChI=1S/C15H22N2O3/c1-15(2,3)20-13-6-4-11(5-7-13)16-14(19)17-9-8-12(18)10-17/h4-7,12,18H,8-10H2,1-3H3,(H,16,19)/t12-/m1/s1. The molecule has 1 fully saturated rings. The topological polar surface area (TPSA) is 61.8 Å². The molecule has 5 nitrogen and oxygen atoms in total. The molecule has 2 amide bonds. The molecule has 2 N–H and O–H groups in total. The van der Waals surface area contributed by atoms with E-state index < -0.39 is 6.10 Å². The molecule has 2 rings (SSSR count). The molecule has 5 heteroatoms. The Balaban J connectivity index is 1.92. The van der Waals surface area contributed by atoms with Gasteiger partial charge in [0.05, 0.1) is 6.10 Å². The predicted octanol–water partition coefficient (Wildman–Crippen LogP) is 2.46. The second kappa shape index (κ2) is 5.71. The molecule has 0 saturated carbocycles. The summed E-state index contributed by atoms with van der Waals surface area (Å²) >= 11 is 0. The Morgan fingerprint density at radius 3 is 2.50 bits per heavy atom. The van der Waals surface area contributed by atoms with E-state index in [1.807, 2.05) is 45.0 Å². The molecule has 1 atom stereocenters. The molecular formula is C15H22N2O3. The number of benzene rings is 1. The van der Waals surface area contributed by atoms with E-state index in [-0.39, 0.29) is 11.6 Å². The molecule has 0 radical (unpaired) electrons. The van der Waals surface area contributed by atoms with Crippen LogP contribution in [0.2, 0.25) is 0 Å². The molecule has 0 spiro atoms. The van der Waals surface area contributed by atoms with Gasteiger partial charge in [-0.25, -0.2) is 4.79 Å². The number of β-amino-alcohol motifs (C(OH)–C–C–N with tert-alkyl or cyclic N) is 1. The number of rotatable bonds is 2. The van der Waals surface area contributed by atoms with Crippen LogP contribution in [0.4, 0.5) is 10.5 Å². The molecule has 1 aliphatic heterocycles. The Morgan fingerprint density at radius 1 is 1.35 bits per heavy atom. The van der Waals surface area contributed by atoms with Gasteiger partial charge in [0.1, 0.15) is 11.4 Å². The van der Waals surface area contributed by atoms with Gasteiger partial charge in [0, 0.05) is 18.8 Å². The number of hydrogen-bond acceptors (Lipinski definition) is 3. The van der Waals surface area contributed by atoms with Crippen LogP contribution in [-0.4, -0.2) is 40.8 Å². The SMILES string of the molecule is CC(C)(C)Oc1ccc(NC(=O)N2CC[C@@H](O)C2)cc1. The smallest absolute Gasteiger partial charge is 0.321 e. The van der Waals surface area contributed by atoms with Crippen molar-refractivity contribution in [3.63, 3.8) is 0 Å². The van der Waals surface area contributed by atoms with E-state index in [1.165, 1.54) is 0 Å². The number of urea groups is 1. The molecule has 0 aliphatic carbocycles. The zero-order valence-electron chi connectivity index (χ0n) is 12.2. The van der Waals surface area contributed by atoms with Gasteiger partial charge in [-0.15, -0.1) is 0 Å². The minimum atomic E-state index is -0.400. The van der Waals surface area contributed by atoms with Crippen molar-refractivity contribution in [1.82, 2.24) is 4.90 Å². The highest BCUT2D eigenvalue weighted by molar-refractivity contribution is 5.89. The van der Waals surface area contributed by atoms with Gasteiger partial charge in [0.25, 0.3) is 0 Å². The Hall–Kier alpha value is -1.75. The van der Waals surface area contributed by atoms with E-state index in [2.05, 4.69) is 5.32 Å². The highest BCUT2D eigenvalue weighted by Gasteiger charge is 2.24. The molecule has 1 heterocycles. The van der Waals surface area contributed by atoms with Crippen LogP contribution in [0.5, 0.6) is 5.75 Å². The summed E-state index contributed by atoms with van der Waals surface area (Å²) in [5.41, 5.74) is 0.480. The molecule has 110 valence electrons. The van der Waals surface area contributed by atoms with Gasteiger partial charge in [-0.05, 0) is 51.5 Å². The van der Waals surface area contributed by atoms with Gasteiger partial charge >= 0.3 is 6.03 Å². The second-order valence-electron chi connectivity index (χ2n) is 6.06. The predicted molar refractivity (Wildman–Crippen MR) is 78.0 cm³/mol. The fourth-order valence-corrected chi connectivity index (χ4v) is 2.09. The van der Waals surface area contributed by atoms with E-state index in [0.29, 0.717) is 19.5 Å². The average Bonchev–Trinajstić information content (AvgIpc) is 2.77. The van der Waals surface area contributed by atoms with Gasteiger partial charge in [-0.2, -0.15) is 0 Å². The van der Waals surface area contributed by atoms with E-state index in [0.717, 1.165) is 11.4 Å². The normalized spacial score (nSPS) is 19.0. The Kier molecular flexibility index (Phi) is 4.18. The van der Waals surface area contributed by atoms with Crippen LogP contribution in [0.1, 0.15) is 27.2 Å². The summed E-state index contributed by atoms with van der Waals surface area (Å²) in [5.74, 6) is 0.770. The van der Waals surface area contributed by atoms with Crippen molar-refractivity contribution in [2.45, 2.75) is 38.9 Å². The van der Waals surface area contributed by atoms with Crippen LogP contribution in [0.25, 0.3) is 0 Å². The van der Waals surface area contributed by atoms with Crippen molar-refractivity contribution in [2.24, 2.45) is 0 Å². The number of aliphatic hydroxyl groups is 1. The summed E-state index contributed by atoms with van der Waals surface area (Å²) in [7, 11) is 0. The maximum Gasteiger partial charge on any atom is 0.321 e. The Labute approximate surface area is 119 Å². The van der Waals surface area contributed by atoms with E-state index in [1.54, 1.807) is 4.90 Å². The number of nitrogens with zero attached hydrogens (tertiary/aromatic N) is 1. The van der Waals surface area contributed by atoms with Crippen molar-refractivity contribution in [3.05, 3.63) is 24.3 Å². The lowest BCUT2D eigenvalue weighted by Gasteiger charge is -2.21. The fraction of sp³-hybridized carbons (Fsp3) is 0.533. The Morgan fingerprint density at radius 2 is 2.00 bits per heavy atom. The van der Waals surface area contributed by atoms with Crippen LogP contribution in [0.15, 0.2) is 24.3 Å². The number of likely N-dealkylation sites (tertiary alicyclic amines) is 1. The highest BCUT2D eigenvalue weighted by Crippen LogP contribution is 2.21. The maximum atomic E-state index is 11.9. The van der Waals surface area contributed by atoms with E-state index in [9.17, 15) is 9.90 Å². The molecule has 0 unspecified atom stereocenters. The van der Waals surface area contributed by atoms with Crippen molar-refractivity contribution in [3.8, 4) is 5.75 Å². The van der Waals surface area contributed by atoms with Crippen LogP contribution in [0.3, 0.4) is 0 Å². The third kappa shape index (κ3) is 4.13. The molecule has 1 aromatic carbocycles. The van der Waals surface area contributed by atoms with Crippen LogP contribution >= 0.6 is 0 Å². The van der Waals surface area contributed by atoms with E-state index in [4.69, 9.17) is 4.74 Å². The lowest BCUT2D eigenvalue weighted by Crippen LogP contribution is -2.33. The lowest BCUT2D eigenvalue weighted by molar-refractivity contribution is 0.131. The van der Waals surface area contributed by atoms with Crippen molar-refractivity contribution in [2.75, 3.05) is 18.4 Å². The van der Waals surface area contributed by atoms with Gasteiger partial charge in [-0.1, -0.05) is 0 Å². The van der Waals surface area contributed by atoms with E-state index >= 15 is 0 Å². The number of ether oxygens (including phenoxy) is 1. The monoisotopic (exact) mass is 278 g/mol. The fourth-order valence-electron chi connectivity index (χ4n) is 2.09. The Bertz CT molecular complexity index is 465. The number of nitrogens with one attached hydrogen (secondary N) is 1. The number of aliphatic hydroxyl groups excluding tert-OH is 1. The first-order valence-corrected chi connectivity index (χ1v) is 6.86. The number of hydrogen-bond donors (Lipinski definition) is 2. The minimum Gasteiger partial charge on any atom is -0.488 e. The first-order valence-electron chi connectivity index (χ1n) is 6.86. The van der Waals surface area contributed by atoms with Gasteiger partial charge in [0.2, 0.25) is 0 Å². The molecule has 1 aliphatic rings. The number of carbonyl (C=O) groups is 1. The molecule has 1 saturated heterocycles. The quantitative estimate of drug-likeness (QED) is 0.873. The average molecular weight is 278 g/mol. The number of amides is 2. The minimum absolute atomic E-state index is 0.175. The molecule has 0 bridgehead atoms. The summed E-state index contributed by atoms with van der Waals surface area (Å²) < 4.78 is 5.72. The largest absolute Gasteiger partial charge is 0.488 e. The molecular weight excluding hydrogens is 256 g/mol. The second-order valence-corrected chi connectivity index (χ2v) is 6.06. The molecule has 0 aromatic heterocycles. The third-order valence-electron chi connectivity index (χ3n) is 2.98. The molecule has 1 aromatic rings. The summed E-state index contributed by atoms with van der Waals surface area (Å²) in [6.07, 6.45) is 0.245. The summed E-state index contributed by atoms with van der Waals surface area (Å²) in [5, 5.41) is 12.2. The summed E-state index contributed by atoms with van der Waals surface area (Å²) in [6.45, 7) is 6.96. The van der Waals surface area contributed by atoms with Gasteiger partial charge < -0.3 is 20.1 Å². The summed E-state index contributed by atoms with van der Waals surface area (Å²) in [4.78, 5) is 13.6. The van der Waals surface area contributed by atoms with Crippen LogP contribution in [-0.2, 0) is 0 Å². The zero-order chi connectivity index (χ0) is 14.8.